The Hall–Kier alpha value is -0.780. The molecule has 0 aromatic carbocycles. The van der Waals surface area contributed by atoms with E-state index in [1.165, 1.54) is 57.8 Å². The molecule has 0 heteroatoms. The topological polar surface area (TPSA) is 0 Å². The maximum absolute atomic E-state index is 2.28. The second kappa shape index (κ2) is 9.76. The summed E-state index contributed by atoms with van der Waals surface area (Å²) in [6.07, 6.45) is 25.5. The Kier molecular flexibility index (Phi) is 8.00. The lowest BCUT2D eigenvalue weighted by molar-refractivity contribution is 0.584. The Balaban J connectivity index is 2.25. The monoisotopic (exact) mass is 204 g/mol. The fourth-order valence-corrected chi connectivity index (χ4v) is 1.89. The molecule has 84 valence electrons. The molecule has 0 nitrogen and oxygen atoms in total. The van der Waals surface area contributed by atoms with Crippen molar-refractivity contribution in [2.45, 2.75) is 57.8 Å². The van der Waals surface area contributed by atoms with Crippen molar-refractivity contribution in [3.63, 3.8) is 0 Å². The predicted molar refractivity (Wildman–Crippen MR) is 69.0 cm³/mol. The number of rotatable bonds is 0. The van der Waals surface area contributed by atoms with E-state index in [9.17, 15) is 0 Å². The second-order valence-electron chi connectivity index (χ2n) is 4.29. The molecule has 0 aromatic heterocycles. The van der Waals surface area contributed by atoms with Crippen LogP contribution in [0.1, 0.15) is 57.8 Å². The first-order valence-electron chi connectivity index (χ1n) is 6.48. The van der Waals surface area contributed by atoms with E-state index in [-0.39, 0.29) is 0 Å². The molecule has 0 fully saturated rings. The molecule has 0 unspecified atom stereocenters. The molecule has 0 amide bonds. The van der Waals surface area contributed by atoms with Crippen molar-refractivity contribution >= 4 is 0 Å². The second-order valence-corrected chi connectivity index (χ2v) is 4.29. The zero-order valence-corrected chi connectivity index (χ0v) is 9.83. The fraction of sp³-hybridized carbons (Fsp3) is 0.600. The first kappa shape index (κ1) is 12.3. The normalized spacial score (nSPS) is 20.8. The van der Waals surface area contributed by atoms with E-state index >= 15 is 0 Å². The lowest BCUT2D eigenvalue weighted by Crippen LogP contribution is -1.80. The summed E-state index contributed by atoms with van der Waals surface area (Å²) in [5, 5.41) is 0. The molecule has 1 aliphatic rings. The minimum atomic E-state index is 1.24. The van der Waals surface area contributed by atoms with Gasteiger partial charge >= 0.3 is 0 Å². The summed E-state index contributed by atoms with van der Waals surface area (Å²) in [7, 11) is 0. The van der Waals surface area contributed by atoms with Crippen LogP contribution in [0.3, 0.4) is 0 Å². The molecular formula is C15H24. The minimum Gasteiger partial charge on any atom is -0.0845 e. The average Bonchev–Trinajstić information content (AvgIpc) is 2.27. The van der Waals surface area contributed by atoms with Gasteiger partial charge in [0.15, 0.2) is 0 Å². The number of allylic oxidation sites excluding steroid dienone is 6. The zero-order chi connectivity index (χ0) is 10.6. The van der Waals surface area contributed by atoms with Crippen molar-refractivity contribution in [3.05, 3.63) is 36.5 Å². The Morgan fingerprint density at radius 2 is 0.800 bits per heavy atom. The molecule has 0 spiro atoms. The maximum atomic E-state index is 2.28. The van der Waals surface area contributed by atoms with Crippen molar-refractivity contribution in [2.75, 3.05) is 0 Å². The van der Waals surface area contributed by atoms with E-state index in [0.717, 1.165) is 0 Å². The fourth-order valence-electron chi connectivity index (χ4n) is 1.89. The Morgan fingerprint density at radius 3 is 1.27 bits per heavy atom. The molecule has 1 aliphatic carbocycles. The highest BCUT2D eigenvalue weighted by Gasteiger charge is 1.90. The lowest BCUT2D eigenvalue weighted by Gasteiger charge is -1.99. The van der Waals surface area contributed by atoms with Gasteiger partial charge in [-0.05, 0) is 25.7 Å². The van der Waals surface area contributed by atoms with Gasteiger partial charge in [-0.1, -0.05) is 68.6 Å². The van der Waals surface area contributed by atoms with Gasteiger partial charge in [-0.2, -0.15) is 0 Å². The summed E-state index contributed by atoms with van der Waals surface area (Å²) in [4.78, 5) is 0. The van der Waals surface area contributed by atoms with Crippen molar-refractivity contribution in [2.24, 2.45) is 0 Å². The van der Waals surface area contributed by atoms with Gasteiger partial charge in [-0.3, -0.25) is 0 Å². The molecule has 0 aromatic rings. The molecule has 0 bridgehead atoms. The van der Waals surface area contributed by atoms with E-state index in [0.29, 0.717) is 0 Å². The van der Waals surface area contributed by atoms with Crippen molar-refractivity contribution in [1.29, 1.82) is 0 Å². The Labute approximate surface area is 94.8 Å². The quantitative estimate of drug-likeness (QED) is 0.510. The van der Waals surface area contributed by atoms with Crippen LogP contribution in [-0.2, 0) is 0 Å². The van der Waals surface area contributed by atoms with Crippen molar-refractivity contribution in [1.82, 2.24) is 0 Å². The van der Waals surface area contributed by atoms with E-state index in [1.807, 2.05) is 0 Å². The molecule has 0 radical (unpaired) electrons. The van der Waals surface area contributed by atoms with Crippen molar-refractivity contribution in [3.8, 4) is 0 Å². The first-order valence-corrected chi connectivity index (χ1v) is 6.48. The molecule has 15 heavy (non-hydrogen) atoms. The lowest BCUT2D eigenvalue weighted by atomic mass is 10.1. The third kappa shape index (κ3) is 8.23. The van der Waals surface area contributed by atoms with Gasteiger partial charge in [0.2, 0.25) is 0 Å². The summed E-state index contributed by atoms with van der Waals surface area (Å²) in [5.41, 5.74) is 0. The molecule has 0 saturated heterocycles. The van der Waals surface area contributed by atoms with Crippen LogP contribution in [0.15, 0.2) is 36.5 Å². The first-order chi connectivity index (χ1) is 7.50. The van der Waals surface area contributed by atoms with E-state index < -0.39 is 0 Å². The maximum Gasteiger partial charge on any atom is -0.0348 e. The molecule has 0 saturated carbocycles. The molecule has 0 N–H and O–H groups in total. The van der Waals surface area contributed by atoms with Gasteiger partial charge in [-0.15, -0.1) is 0 Å². The van der Waals surface area contributed by atoms with Gasteiger partial charge in [-0.25, -0.2) is 0 Å². The van der Waals surface area contributed by atoms with Gasteiger partial charge in [0.25, 0.3) is 0 Å². The highest BCUT2D eigenvalue weighted by molar-refractivity contribution is 5.10. The van der Waals surface area contributed by atoms with Gasteiger partial charge < -0.3 is 0 Å². The van der Waals surface area contributed by atoms with Crippen molar-refractivity contribution < 1.29 is 0 Å². The smallest absolute Gasteiger partial charge is 0.0348 e. The van der Waals surface area contributed by atoms with E-state index in [2.05, 4.69) is 36.5 Å². The van der Waals surface area contributed by atoms with Gasteiger partial charge in [0, 0.05) is 0 Å². The largest absolute Gasteiger partial charge is 0.0845 e. The summed E-state index contributed by atoms with van der Waals surface area (Å²) < 4.78 is 0. The third-order valence-corrected chi connectivity index (χ3v) is 2.85. The van der Waals surface area contributed by atoms with Gasteiger partial charge in [0.05, 0.1) is 0 Å². The van der Waals surface area contributed by atoms with Crippen LogP contribution in [0, 0.1) is 0 Å². The molecule has 1 rings (SSSR count). The van der Waals surface area contributed by atoms with Gasteiger partial charge in [0.1, 0.15) is 0 Å². The van der Waals surface area contributed by atoms with E-state index in [1.54, 1.807) is 0 Å². The average molecular weight is 204 g/mol. The molecule has 0 heterocycles. The van der Waals surface area contributed by atoms with Crippen LogP contribution in [0.4, 0.5) is 0 Å². The highest BCUT2D eigenvalue weighted by atomic mass is 14.0. The minimum absolute atomic E-state index is 1.24. The van der Waals surface area contributed by atoms with Crippen LogP contribution in [-0.4, -0.2) is 0 Å². The summed E-state index contributed by atoms with van der Waals surface area (Å²) in [5.74, 6) is 0. The van der Waals surface area contributed by atoms with Crippen LogP contribution in [0.2, 0.25) is 0 Å². The standard InChI is InChI=1S/C15H24/c1-2-4-6-8-10-12-14-15-13-11-9-7-5-3-1/h1-6H,7-15H2. The Morgan fingerprint density at radius 1 is 0.400 bits per heavy atom. The third-order valence-electron chi connectivity index (χ3n) is 2.85. The highest BCUT2D eigenvalue weighted by Crippen LogP contribution is 2.10. The molecule has 0 atom stereocenters. The van der Waals surface area contributed by atoms with Crippen LogP contribution in [0.5, 0.6) is 0 Å². The summed E-state index contributed by atoms with van der Waals surface area (Å²) in [6, 6.07) is 0. The SMILES string of the molecule is C1=CC=CCCCCCCCCCC=C1. The molecular weight excluding hydrogens is 180 g/mol. The summed E-state index contributed by atoms with van der Waals surface area (Å²) in [6.45, 7) is 0. The molecule has 0 aliphatic heterocycles. The van der Waals surface area contributed by atoms with Crippen LogP contribution < -0.4 is 0 Å². The van der Waals surface area contributed by atoms with Crippen LogP contribution >= 0.6 is 0 Å². The number of hydrogen-bond acceptors (Lipinski definition) is 0. The number of hydrogen-bond donors (Lipinski definition) is 0. The van der Waals surface area contributed by atoms with E-state index in [4.69, 9.17) is 0 Å². The zero-order valence-electron chi connectivity index (χ0n) is 9.83. The summed E-state index contributed by atoms with van der Waals surface area (Å²) >= 11 is 0. The predicted octanol–water partition coefficient (Wildman–Crippen LogP) is 5.18. The Bertz CT molecular complexity index is 186. The van der Waals surface area contributed by atoms with Crippen LogP contribution in [0.25, 0.3) is 0 Å².